The minimum Gasteiger partial charge on any atom is -0.354 e. The summed E-state index contributed by atoms with van der Waals surface area (Å²) in [5, 5.41) is 2.99. The number of nitrogens with one attached hydrogen (secondary N) is 1. The molecule has 0 aromatic heterocycles. The molecule has 0 fully saturated rings. The predicted octanol–water partition coefficient (Wildman–Crippen LogP) is 2.63. The van der Waals surface area contributed by atoms with Gasteiger partial charge in [-0.1, -0.05) is 28.1 Å². The summed E-state index contributed by atoms with van der Waals surface area (Å²) in [7, 11) is 0. The van der Waals surface area contributed by atoms with Gasteiger partial charge in [-0.05, 0) is 50.4 Å². The van der Waals surface area contributed by atoms with Gasteiger partial charge in [0.05, 0.1) is 0 Å². The molecule has 0 aliphatic carbocycles. The van der Waals surface area contributed by atoms with Crippen LogP contribution in [0.5, 0.6) is 0 Å². The van der Waals surface area contributed by atoms with Crippen LogP contribution in [0.1, 0.15) is 31.7 Å². The van der Waals surface area contributed by atoms with Gasteiger partial charge in [-0.2, -0.15) is 0 Å². The number of rotatable bonds is 7. The summed E-state index contributed by atoms with van der Waals surface area (Å²) in [6.45, 7) is 2.61. The molecular weight excluding hydrogens is 292 g/mol. The Bertz CT molecular complexity index is 365. The molecule has 1 amide bonds. The minimum absolute atomic E-state index is 0.101. The number of hydrogen-bond acceptors (Lipinski definition) is 2. The largest absolute Gasteiger partial charge is 0.354 e. The molecule has 1 aromatic rings. The molecule has 100 valence electrons. The molecule has 0 heterocycles. The van der Waals surface area contributed by atoms with Crippen molar-refractivity contribution >= 4 is 21.8 Å². The average molecular weight is 313 g/mol. The van der Waals surface area contributed by atoms with E-state index in [0.29, 0.717) is 13.0 Å². The molecule has 0 saturated carbocycles. The highest BCUT2D eigenvalue weighted by molar-refractivity contribution is 9.10. The number of nitrogens with two attached hydrogens (primary N) is 1. The van der Waals surface area contributed by atoms with Crippen LogP contribution in [0.25, 0.3) is 0 Å². The van der Waals surface area contributed by atoms with E-state index in [9.17, 15) is 4.79 Å². The number of halogens is 1. The summed E-state index contributed by atoms with van der Waals surface area (Å²) in [5.74, 6) is 0.101. The van der Waals surface area contributed by atoms with E-state index in [1.54, 1.807) is 0 Å². The average Bonchev–Trinajstić information content (AvgIpc) is 2.35. The van der Waals surface area contributed by atoms with Crippen molar-refractivity contribution in [3.8, 4) is 0 Å². The fraction of sp³-hybridized carbons (Fsp3) is 0.500. The van der Waals surface area contributed by atoms with Crippen LogP contribution in [0.15, 0.2) is 28.7 Å². The molecule has 18 heavy (non-hydrogen) atoms. The Balaban J connectivity index is 2.26. The highest BCUT2D eigenvalue weighted by Gasteiger charge is 2.06. The van der Waals surface area contributed by atoms with Gasteiger partial charge in [-0.3, -0.25) is 4.79 Å². The summed E-state index contributed by atoms with van der Waals surface area (Å²) in [4.78, 5) is 11.5. The number of amides is 1. The zero-order chi connectivity index (χ0) is 13.4. The van der Waals surface area contributed by atoms with E-state index in [1.807, 2.05) is 19.1 Å². The molecule has 3 nitrogen and oxygen atoms in total. The molecule has 1 rings (SSSR count). The first-order valence-corrected chi connectivity index (χ1v) is 7.15. The Hall–Kier alpha value is -0.870. The van der Waals surface area contributed by atoms with Crippen LogP contribution < -0.4 is 11.1 Å². The quantitative estimate of drug-likeness (QED) is 0.813. The monoisotopic (exact) mass is 312 g/mol. The zero-order valence-corrected chi connectivity index (χ0v) is 12.4. The topological polar surface area (TPSA) is 55.1 Å². The third kappa shape index (κ3) is 6.17. The van der Waals surface area contributed by atoms with E-state index < -0.39 is 0 Å². The third-order valence-electron chi connectivity index (χ3n) is 2.79. The lowest BCUT2D eigenvalue weighted by molar-refractivity contribution is -0.121. The van der Waals surface area contributed by atoms with Crippen molar-refractivity contribution < 1.29 is 4.79 Å². The number of carbonyl (C=O) groups excluding carboxylic acids is 1. The molecule has 0 spiro atoms. The second-order valence-electron chi connectivity index (χ2n) is 4.53. The van der Waals surface area contributed by atoms with Gasteiger partial charge in [0, 0.05) is 16.9 Å². The first-order valence-electron chi connectivity index (χ1n) is 6.35. The van der Waals surface area contributed by atoms with Crippen LogP contribution in [-0.4, -0.2) is 18.5 Å². The molecular formula is C14H21BrN2O. The van der Waals surface area contributed by atoms with E-state index in [1.165, 1.54) is 5.56 Å². The summed E-state index contributed by atoms with van der Waals surface area (Å²) < 4.78 is 1.09. The zero-order valence-electron chi connectivity index (χ0n) is 10.8. The van der Waals surface area contributed by atoms with Gasteiger partial charge < -0.3 is 11.1 Å². The van der Waals surface area contributed by atoms with Gasteiger partial charge >= 0.3 is 0 Å². The predicted molar refractivity (Wildman–Crippen MR) is 78.4 cm³/mol. The summed E-state index contributed by atoms with van der Waals surface area (Å²) in [6, 6.07) is 8.50. The van der Waals surface area contributed by atoms with E-state index in [4.69, 9.17) is 5.73 Å². The standard InChI is InChI=1S/C14H21BrN2O/c1-11(17-14(18)3-2-10-16)4-5-12-6-8-13(15)9-7-12/h6-9,11H,2-5,10,16H2,1H3,(H,17,18). The van der Waals surface area contributed by atoms with Crippen LogP contribution in [0, 0.1) is 0 Å². The van der Waals surface area contributed by atoms with Crippen LogP contribution in [0.2, 0.25) is 0 Å². The third-order valence-corrected chi connectivity index (χ3v) is 3.32. The van der Waals surface area contributed by atoms with E-state index in [2.05, 4.69) is 33.4 Å². The number of aryl methyl sites for hydroxylation is 1. The van der Waals surface area contributed by atoms with E-state index >= 15 is 0 Å². The maximum absolute atomic E-state index is 11.5. The molecule has 4 heteroatoms. The van der Waals surface area contributed by atoms with Crippen molar-refractivity contribution in [3.63, 3.8) is 0 Å². The highest BCUT2D eigenvalue weighted by atomic mass is 79.9. The summed E-state index contributed by atoms with van der Waals surface area (Å²) >= 11 is 3.42. The lowest BCUT2D eigenvalue weighted by Crippen LogP contribution is -2.33. The Labute approximate surface area is 117 Å². The Morgan fingerprint density at radius 2 is 2.06 bits per heavy atom. The van der Waals surface area contributed by atoms with E-state index in [0.717, 1.165) is 23.7 Å². The van der Waals surface area contributed by atoms with Gasteiger partial charge in [0.15, 0.2) is 0 Å². The summed E-state index contributed by atoms with van der Waals surface area (Å²) in [6.07, 6.45) is 3.21. The van der Waals surface area contributed by atoms with Crippen LogP contribution in [0.3, 0.4) is 0 Å². The van der Waals surface area contributed by atoms with Gasteiger partial charge in [0.25, 0.3) is 0 Å². The normalized spacial score (nSPS) is 12.2. The molecule has 0 aliphatic rings. The Morgan fingerprint density at radius 1 is 1.39 bits per heavy atom. The number of carbonyl (C=O) groups is 1. The smallest absolute Gasteiger partial charge is 0.220 e. The Morgan fingerprint density at radius 3 is 2.67 bits per heavy atom. The number of hydrogen-bond donors (Lipinski definition) is 2. The van der Waals surface area contributed by atoms with Crippen molar-refractivity contribution in [2.45, 2.75) is 38.6 Å². The van der Waals surface area contributed by atoms with Crippen molar-refractivity contribution in [1.82, 2.24) is 5.32 Å². The van der Waals surface area contributed by atoms with Gasteiger partial charge in [0.1, 0.15) is 0 Å². The van der Waals surface area contributed by atoms with Crippen molar-refractivity contribution in [3.05, 3.63) is 34.3 Å². The molecule has 1 aromatic carbocycles. The SMILES string of the molecule is CC(CCc1ccc(Br)cc1)NC(=O)CCCN. The second-order valence-corrected chi connectivity index (χ2v) is 5.44. The maximum atomic E-state index is 11.5. The van der Waals surface area contributed by atoms with Gasteiger partial charge in [-0.25, -0.2) is 0 Å². The van der Waals surface area contributed by atoms with Crippen molar-refractivity contribution in [2.75, 3.05) is 6.54 Å². The van der Waals surface area contributed by atoms with Crippen molar-refractivity contribution in [1.29, 1.82) is 0 Å². The highest BCUT2D eigenvalue weighted by Crippen LogP contribution is 2.12. The van der Waals surface area contributed by atoms with E-state index in [-0.39, 0.29) is 11.9 Å². The molecule has 0 radical (unpaired) electrons. The fourth-order valence-corrected chi connectivity index (χ4v) is 1.98. The van der Waals surface area contributed by atoms with Crippen molar-refractivity contribution in [2.24, 2.45) is 5.73 Å². The molecule has 0 saturated heterocycles. The Kier molecular flexibility index (Phi) is 6.98. The molecule has 1 atom stereocenters. The molecule has 3 N–H and O–H groups in total. The van der Waals surface area contributed by atoms with Crippen LogP contribution in [0.4, 0.5) is 0 Å². The van der Waals surface area contributed by atoms with Gasteiger partial charge in [-0.15, -0.1) is 0 Å². The molecule has 0 aliphatic heterocycles. The first kappa shape index (κ1) is 15.2. The lowest BCUT2D eigenvalue weighted by Gasteiger charge is -2.13. The first-order chi connectivity index (χ1) is 8.61. The molecule has 1 unspecified atom stereocenters. The fourth-order valence-electron chi connectivity index (χ4n) is 1.72. The maximum Gasteiger partial charge on any atom is 0.220 e. The second kappa shape index (κ2) is 8.27. The lowest BCUT2D eigenvalue weighted by atomic mass is 10.1. The minimum atomic E-state index is 0.101. The van der Waals surface area contributed by atoms with Crippen LogP contribution in [-0.2, 0) is 11.2 Å². The number of benzene rings is 1. The van der Waals surface area contributed by atoms with Gasteiger partial charge in [0.2, 0.25) is 5.91 Å². The summed E-state index contributed by atoms with van der Waals surface area (Å²) in [5.41, 5.74) is 6.66. The molecule has 0 bridgehead atoms. The van der Waals surface area contributed by atoms with Crippen LogP contribution >= 0.6 is 15.9 Å².